The molecule has 1 saturated heterocycles. The fourth-order valence-corrected chi connectivity index (χ4v) is 4.01. The molecular formula is C19H13FNO3S2-. The Labute approximate surface area is 159 Å². The molecule has 1 atom stereocenters. The fourth-order valence-electron chi connectivity index (χ4n) is 2.65. The lowest BCUT2D eigenvalue weighted by molar-refractivity contribution is -0.306. The van der Waals surface area contributed by atoms with Crippen LogP contribution in [0.5, 0.6) is 0 Å². The molecule has 3 rings (SSSR count). The Morgan fingerprint density at radius 3 is 2.46 bits per heavy atom. The maximum atomic E-state index is 13.0. The molecule has 0 unspecified atom stereocenters. The standard InChI is InChI=1S/C19H14FNO3S2/c20-14-8-6-12(7-9-14)10-16-18(24)21(19(25)26-16)15(11-17(22)23)13-4-2-1-3-5-13/h1-10,15H,11H2,(H,22,23)/p-1/b16-10-/t15-/m1/s1. The molecule has 0 aliphatic carbocycles. The molecule has 1 fully saturated rings. The highest BCUT2D eigenvalue weighted by Gasteiger charge is 2.37. The largest absolute Gasteiger partial charge is 0.550 e. The normalized spacial score (nSPS) is 17.0. The van der Waals surface area contributed by atoms with Crippen LogP contribution in [-0.2, 0) is 9.59 Å². The zero-order valence-electron chi connectivity index (χ0n) is 13.4. The Balaban J connectivity index is 1.93. The minimum Gasteiger partial charge on any atom is -0.550 e. The van der Waals surface area contributed by atoms with Gasteiger partial charge < -0.3 is 9.90 Å². The third-order valence-electron chi connectivity index (χ3n) is 3.85. The molecule has 7 heteroatoms. The number of carboxylic acids is 1. The summed E-state index contributed by atoms with van der Waals surface area (Å²) in [4.78, 5) is 25.7. The Morgan fingerprint density at radius 2 is 1.85 bits per heavy atom. The molecule has 0 radical (unpaired) electrons. The van der Waals surface area contributed by atoms with Gasteiger partial charge in [-0.2, -0.15) is 0 Å². The van der Waals surface area contributed by atoms with Crippen LogP contribution in [0.2, 0.25) is 0 Å². The van der Waals surface area contributed by atoms with Crippen molar-refractivity contribution >= 4 is 46.3 Å². The van der Waals surface area contributed by atoms with Gasteiger partial charge in [-0.3, -0.25) is 9.69 Å². The van der Waals surface area contributed by atoms with Gasteiger partial charge in [0.15, 0.2) is 0 Å². The molecule has 1 amide bonds. The summed E-state index contributed by atoms with van der Waals surface area (Å²) >= 11 is 6.41. The highest BCUT2D eigenvalue weighted by Crippen LogP contribution is 2.39. The summed E-state index contributed by atoms with van der Waals surface area (Å²) in [5.41, 5.74) is 1.32. The lowest BCUT2D eigenvalue weighted by Gasteiger charge is -2.27. The quantitative estimate of drug-likeness (QED) is 0.584. The SMILES string of the molecule is O=C([O-])C[C@H](c1ccccc1)N1C(=O)/C(=C/c2ccc(F)cc2)SC1=S. The lowest BCUT2D eigenvalue weighted by atomic mass is 10.0. The van der Waals surface area contributed by atoms with Crippen molar-refractivity contribution in [3.63, 3.8) is 0 Å². The highest BCUT2D eigenvalue weighted by molar-refractivity contribution is 8.26. The molecule has 0 N–H and O–H groups in total. The fraction of sp³-hybridized carbons (Fsp3) is 0.105. The second-order valence-electron chi connectivity index (χ2n) is 5.61. The first-order valence-corrected chi connectivity index (χ1v) is 8.95. The van der Waals surface area contributed by atoms with Crippen LogP contribution in [-0.4, -0.2) is 21.1 Å². The van der Waals surface area contributed by atoms with Crippen LogP contribution < -0.4 is 5.11 Å². The number of carbonyl (C=O) groups is 2. The van der Waals surface area contributed by atoms with Crippen molar-refractivity contribution < 1.29 is 19.1 Å². The number of carboxylic acid groups (broad SMARTS) is 1. The van der Waals surface area contributed by atoms with E-state index >= 15 is 0 Å². The van der Waals surface area contributed by atoms with Crippen molar-refractivity contribution in [2.75, 3.05) is 0 Å². The van der Waals surface area contributed by atoms with E-state index in [0.717, 1.165) is 11.8 Å². The summed E-state index contributed by atoms with van der Waals surface area (Å²) < 4.78 is 13.3. The number of carbonyl (C=O) groups excluding carboxylic acids is 2. The van der Waals surface area contributed by atoms with E-state index in [1.54, 1.807) is 48.5 Å². The number of hydrogen-bond acceptors (Lipinski definition) is 5. The summed E-state index contributed by atoms with van der Waals surface area (Å²) in [7, 11) is 0. The Kier molecular flexibility index (Phi) is 5.49. The maximum absolute atomic E-state index is 13.0. The molecule has 2 aromatic rings. The van der Waals surface area contributed by atoms with E-state index in [-0.39, 0.29) is 22.5 Å². The van der Waals surface area contributed by atoms with Gasteiger partial charge in [0.1, 0.15) is 10.1 Å². The van der Waals surface area contributed by atoms with E-state index in [1.807, 2.05) is 0 Å². The van der Waals surface area contributed by atoms with E-state index in [9.17, 15) is 19.1 Å². The number of rotatable bonds is 5. The lowest BCUT2D eigenvalue weighted by Crippen LogP contribution is -2.37. The van der Waals surface area contributed by atoms with Gasteiger partial charge in [-0.05, 0) is 29.3 Å². The van der Waals surface area contributed by atoms with Crippen LogP contribution >= 0.6 is 24.0 Å². The van der Waals surface area contributed by atoms with E-state index < -0.39 is 12.0 Å². The predicted molar refractivity (Wildman–Crippen MR) is 100 cm³/mol. The Bertz CT molecular complexity index is 881. The van der Waals surface area contributed by atoms with Crippen molar-refractivity contribution in [3.8, 4) is 0 Å². The van der Waals surface area contributed by atoms with Crippen molar-refractivity contribution in [1.29, 1.82) is 0 Å². The zero-order valence-corrected chi connectivity index (χ0v) is 15.1. The number of thiocarbonyl (C=S) groups is 1. The van der Waals surface area contributed by atoms with Gasteiger partial charge in [0, 0.05) is 12.4 Å². The Hall–Kier alpha value is -2.51. The van der Waals surface area contributed by atoms with Crippen LogP contribution in [0.15, 0.2) is 59.5 Å². The molecule has 1 heterocycles. The average Bonchev–Trinajstić information content (AvgIpc) is 2.89. The van der Waals surface area contributed by atoms with Gasteiger partial charge in [0.2, 0.25) is 0 Å². The molecule has 1 aliphatic rings. The molecule has 132 valence electrons. The number of nitrogens with zero attached hydrogens (tertiary/aromatic N) is 1. The molecule has 1 aliphatic heterocycles. The van der Waals surface area contributed by atoms with E-state index in [1.165, 1.54) is 17.0 Å². The number of halogens is 1. The molecule has 2 aromatic carbocycles. The van der Waals surface area contributed by atoms with Crippen molar-refractivity contribution in [2.24, 2.45) is 0 Å². The number of hydrogen-bond donors (Lipinski definition) is 0. The van der Waals surface area contributed by atoms with Gasteiger partial charge in [-0.1, -0.05) is 66.4 Å². The predicted octanol–water partition coefficient (Wildman–Crippen LogP) is 2.91. The summed E-state index contributed by atoms with van der Waals surface area (Å²) in [5, 5.41) is 11.2. The van der Waals surface area contributed by atoms with Crippen molar-refractivity contribution in [1.82, 2.24) is 4.90 Å². The van der Waals surface area contributed by atoms with Crippen LogP contribution in [0, 0.1) is 5.82 Å². The Morgan fingerprint density at radius 1 is 1.19 bits per heavy atom. The van der Waals surface area contributed by atoms with Gasteiger partial charge in [0.25, 0.3) is 5.91 Å². The van der Waals surface area contributed by atoms with Gasteiger partial charge >= 0.3 is 0 Å². The van der Waals surface area contributed by atoms with Crippen molar-refractivity contribution in [2.45, 2.75) is 12.5 Å². The first kappa shape index (κ1) is 18.3. The summed E-state index contributed by atoms with van der Waals surface area (Å²) in [6.07, 6.45) is 1.25. The average molecular weight is 386 g/mol. The molecule has 26 heavy (non-hydrogen) atoms. The van der Waals surface area contributed by atoms with Crippen molar-refractivity contribution in [3.05, 3.63) is 76.4 Å². The van der Waals surface area contributed by atoms with Crippen LogP contribution in [0.1, 0.15) is 23.6 Å². The summed E-state index contributed by atoms with van der Waals surface area (Å²) in [6.45, 7) is 0. The zero-order chi connectivity index (χ0) is 18.7. The van der Waals surface area contributed by atoms with Gasteiger partial charge in [-0.25, -0.2) is 4.39 Å². The summed E-state index contributed by atoms with van der Waals surface area (Å²) in [6, 6.07) is 13.8. The third-order valence-corrected chi connectivity index (χ3v) is 5.18. The first-order valence-electron chi connectivity index (χ1n) is 7.73. The van der Waals surface area contributed by atoms with Crippen LogP contribution in [0.4, 0.5) is 4.39 Å². The summed E-state index contributed by atoms with van der Waals surface area (Å²) in [5.74, 6) is -2.01. The first-order chi connectivity index (χ1) is 12.5. The topological polar surface area (TPSA) is 60.4 Å². The maximum Gasteiger partial charge on any atom is 0.266 e. The number of benzene rings is 2. The molecule has 0 saturated carbocycles. The van der Waals surface area contributed by atoms with E-state index in [4.69, 9.17) is 12.2 Å². The van der Waals surface area contributed by atoms with Crippen LogP contribution in [0.25, 0.3) is 6.08 Å². The molecular weight excluding hydrogens is 373 g/mol. The minimum atomic E-state index is -1.27. The molecule has 0 bridgehead atoms. The minimum absolute atomic E-state index is 0.276. The smallest absolute Gasteiger partial charge is 0.266 e. The third kappa shape index (κ3) is 4.00. The highest BCUT2D eigenvalue weighted by atomic mass is 32.2. The molecule has 4 nitrogen and oxygen atoms in total. The molecule has 0 spiro atoms. The van der Waals surface area contributed by atoms with E-state index in [2.05, 4.69) is 0 Å². The number of amides is 1. The number of aliphatic carboxylic acids is 1. The van der Waals surface area contributed by atoms with E-state index in [0.29, 0.717) is 16.0 Å². The van der Waals surface area contributed by atoms with Gasteiger partial charge in [0.05, 0.1) is 10.9 Å². The second kappa shape index (κ2) is 7.80. The second-order valence-corrected chi connectivity index (χ2v) is 7.28. The molecule has 0 aromatic heterocycles. The number of thioether (sulfide) groups is 1. The van der Waals surface area contributed by atoms with Gasteiger partial charge in [-0.15, -0.1) is 0 Å². The van der Waals surface area contributed by atoms with Crippen LogP contribution in [0.3, 0.4) is 0 Å². The monoisotopic (exact) mass is 386 g/mol.